The Morgan fingerprint density at radius 1 is 1.22 bits per heavy atom. The van der Waals surface area contributed by atoms with Crippen LogP contribution in [-0.2, 0) is 6.42 Å². The lowest BCUT2D eigenvalue weighted by Gasteiger charge is -2.05. The Balaban J connectivity index is 2.38. The molecular weight excluding hydrogens is 226 g/mol. The number of rotatable bonds is 4. The first-order valence-electron chi connectivity index (χ1n) is 5.98. The fraction of sp³-hybridized carbons (Fsp3) is 0.200. The van der Waals surface area contributed by atoms with Gasteiger partial charge in [0, 0.05) is 18.0 Å². The first kappa shape index (κ1) is 12.3. The molecule has 1 aromatic heterocycles. The van der Waals surface area contributed by atoms with E-state index >= 15 is 0 Å². The van der Waals surface area contributed by atoms with E-state index in [1.54, 1.807) is 12.3 Å². The van der Waals surface area contributed by atoms with Crippen LogP contribution in [0.4, 0.5) is 0 Å². The van der Waals surface area contributed by atoms with Crippen LogP contribution in [0.5, 0.6) is 0 Å². The van der Waals surface area contributed by atoms with Crippen molar-refractivity contribution in [2.75, 3.05) is 0 Å². The van der Waals surface area contributed by atoms with Crippen LogP contribution in [0.1, 0.15) is 29.3 Å². The molecule has 1 N–H and O–H groups in total. The van der Waals surface area contributed by atoms with Crippen molar-refractivity contribution in [3.8, 4) is 11.1 Å². The molecule has 0 amide bonds. The molecular formula is C15H15NO2. The van der Waals surface area contributed by atoms with Crippen molar-refractivity contribution in [1.29, 1.82) is 0 Å². The van der Waals surface area contributed by atoms with Crippen LogP contribution in [-0.4, -0.2) is 16.1 Å². The summed E-state index contributed by atoms with van der Waals surface area (Å²) in [5, 5.41) is 8.95. The molecule has 18 heavy (non-hydrogen) atoms. The van der Waals surface area contributed by atoms with Gasteiger partial charge in [0.05, 0.1) is 5.56 Å². The second-order valence-corrected chi connectivity index (χ2v) is 4.22. The molecule has 1 heterocycles. The Morgan fingerprint density at radius 3 is 2.78 bits per heavy atom. The fourth-order valence-corrected chi connectivity index (χ4v) is 1.91. The van der Waals surface area contributed by atoms with Crippen LogP contribution in [0.25, 0.3) is 11.1 Å². The zero-order valence-electron chi connectivity index (χ0n) is 10.3. The summed E-state index contributed by atoms with van der Waals surface area (Å²) in [7, 11) is 0. The largest absolute Gasteiger partial charge is 0.478 e. The van der Waals surface area contributed by atoms with Crippen LogP contribution in [0.2, 0.25) is 0 Å². The molecule has 0 unspecified atom stereocenters. The number of hydrogen-bond acceptors (Lipinski definition) is 2. The van der Waals surface area contributed by atoms with Crippen molar-refractivity contribution in [2.45, 2.75) is 19.8 Å². The van der Waals surface area contributed by atoms with Gasteiger partial charge in [0.25, 0.3) is 0 Å². The van der Waals surface area contributed by atoms with E-state index in [2.05, 4.69) is 24.0 Å². The third-order valence-electron chi connectivity index (χ3n) is 2.78. The predicted molar refractivity (Wildman–Crippen MR) is 70.6 cm³/mol. The Bertz CT molecular complexity index is 564. The summed E-state index contributed by atoms with van der Waals surface area (Å²) in [6.07, 6.45) is 5.18. The molecule has 0 bridgehead atoms. The van der Waals surface area contributed by atoms with Crippen LogP contribution in [0.3, 0.4) is 0 Å². The molecule has 0 saturated carbocycles. The molecule has 0 aliphatic heterocycles. The summed E-state index contributed by atoms with van der Waals surface area (Å²) < 4.78 is 0. The molecule has 0 saturated heterocycles. The second kappa shape index (κ2) is 5.45. The minimum absolute atomic E-state index is 0.216. The van der Waals surface area contributed by atoms with Crippen LogP contribution in [0.15, 0.2) is 42.7 Å². The minimum atomic E-state index is -0.950. The van der Waals surface area contributed by atoms with Crippen molar-refractivity contribution >= 4 is 5.97 Å². The molecule has 92 valence electrons. The van der Waals surface area contributed by atoms with E-state index in [1.807, 2.05) is 12.1 Å². The van der Waals surface area contributed by atoms with Crippen molar-refractivity contribution in [2.24, 2.45) is 0 Å². The number of carbonyl (C=O) groups is 1. The van der Waals surface area contributed by atoms with Gasteiger partial charge in [-0.3, -0.25) is 4.98 Å². The highest BCUT2D eigenvalue weighted by Crippen LogP contribution is 2.21. The van der Waals surface area contributed by atoms with Crippen molar-refractivity contribution in [1.82, 2.24) is 4.98 Å². The monoisotopic (exact) mass is 241 g/mol. The molecule has 1 aromatic carbocycles. The number of aryl methyl sites for hydroxylation is 1. The fourth-order valence-electron chi connectivity index (χ4n) is 1.91. The summed E-state index contributed by atoms with van der Waals surface area (Å²) in [6, 6.07) is 9.80. The lowest BCUT2D eigenvalue weighted by atomic mass is 10.0. The number of benzene rings is 1. The average Bonchev–Trinajstić information content (AvgIpc) is 2.39. The number of nitrogens with zero attached hydrogens (tertiary/aromatic N) is 1. The first-order chi connectivity index (χ1) is 8.70. The van der Waals surface area contributed by atoms with Gasteiger partial charge in [0.2, 0.25) is 0 Å². The number of carboxylic acids is 1. The zero-order valence-corrected chi connectivity index (χ0v) is 10.3. The summed E-state index contributed by atoms with van der Waals surface area (Å²) in [4.78, 5) is 14.9. The predicted octanol–water partition coefficient (Wildman–Crippen LogP) is 3.40. The van der Waals surface area contributed by atoms with Gasteiger partial charge in [-0.1, -0.05) is 37.6 Å². The average molecular weight is 241 g/mol. The number of carboxylic acid groups (broad SMARTS) is 1. The molecule has 0 aliphatic rings. The molecule has 0 radical (unpaired) electrons. The van der Waals surface area contributed by atoms with Crippen LogP contribution >= 0.6 is 0 Å². The third kappa shape index (κ3) is 2.74. The summed E-state index contributed by atoms with van der Waals surface area (Å²) in [6.45, 7) is 2.14. The highest BCUT2D eigenvalue weighted by Gasteiger charge is 2.06. The highest BCUT2D eigenvalue weighted by molar-refractivity contribution is 5.88. The highest BCUT2D eigenvalue weighted by atomic mass is 16.4. The SMILES string of the molecule is CCCc1cccc(-c2cncc(C(=O)O)c2)c1. The first-order valence-corrected chi connectivity index (χ1v) is 5.98. The van der Waals surface area contributed by atoms with E-state index in [-0.39, 0.29) is 5.56 Å². The van der Waals surface area contributed by atoms with E-state index in [4.69, 9.17) is 5.11 Å². The maximum atomic E-state index is 10.9. The molecule has 0 atom stereocenters. The molecule has 2 rings (SSSR count). The summed E-state index contributed by atoms with van der Waals surface area (Å²) >= 11 is 0. The Hall–Kier alpha value is -2.16. The topological polar surface area (TPSA) is 50.2 Å². The summed E-state index contributed by atoms with van der Waals surface area (Å²) in [5.41, 5.74) is 3.33. The van der Waals surface area contributed by atoms with E-state index in [0.29, 0.717) is 0 Å². The third-order valence-corrected chi connectivity index (χ3v) is 2.78. The minimum Gasteiger partial charge on any atom is -0.478 e. The number of hydrogen-bond donors (Lipinski definition) is 1. The quantitative estimate of drug-likeness (QED) is 0.892. The lowest BCUT2D eigenvalue weighted by Crippen LogP contribution is -1.97. The van der Waals surface area contributed by atoms with Crippen molar-refractivity contribution < 1.29 is 9.90 Å². The molecule has 3 nitrogen and oxygen atoms in total. The van der Waals surface area contributed by atoms with E-state index < -0.39 is 5.97 Å². The Kier molecular flexibility index (Phi) is 3.72. The van der Waals surface area contributed by atoms with Crippen molar-refractivity contribution in [3.05, 3.63) is 53.9 Å². The smallest absolute Gasteiger partial charge is 0.337 e. The van der Waals surface area contributed by atoms with Gasteiger partial charge in [-0.2, -0.15) is 0 Å². The standard InChI is InChI=1S/C15H15NO2/c1-2-4-11-5-3-6-12(7-11)13-8-14(15(17)18)10-16-9-13/h3,5-10H,2,4H2,1H3,(H,17,18). The zero-order chi connectivity index (χ0) is 13.0. The van der Waals surface area contributed by atoms with Gasteiger partial charge in [-0.05, 0) is 23.6 Å². The molecule has 2 aromatic rings. The van der Waals surface area contributed by atoms with E-state index in [0.717, 1.165) is 24.0 Å². The van der Waals surface area contributed by atoms with Crippen LogP contribution < -0.4 is 0 Å². The van der Waals surface area contributed by atoms with Gasteiger partial charge in [-0.25, -0.2) is 4.79 Å². The number of aromatic nitrogens is 1. The van der Waals surface area contributed by atoms with Crippen molar-refractivity contribution in [3.63, 3.8) is 0 Å². The maximum Gasteiger partial charge on any atom is 0.337 e. The van der Waals surface area contributed by atoms with E-state index in [1.165, 1.54) is 11.8 Å². The lowest BCUT2D eigenvalue weighted by molar-refractivity contribution is 0.0696. The van der Waals surface area contributed by atoms with E-state index in [9.17, 15) is 4.79 Å². The molecule has 3 heteroatoms. The second-order valence-electron chi connectivity index (χ2n) is 4.22. The van der Waals surface area contributed by atoms with Gasteiger partial charge in [-0.15, -0.1) is 0 Å². The number of pyridine rings is 1. The van der Waals surface area contributed by atoms with Gasteiger partial charge < -0.3 is 5.11 Å². The molecule has 0 aliphatic carbocycles. The van der Waals surface area contributed by atoms with Gasteiger partial charge in [0.1, 0.15) is 0 Å². The summed E-state index contributed by atoms with van der Waals surface area (Å²) in [5.74, 6) is -0.950. The normalized spacial score (nSPS) is 10.3. The molecule has 0 fully saturated rings. The maximum absolute atomic E-state index is 10.9. The van der Waals surface area contributed by atoms with Crippen LogP contribution in [0, 0.1) is 0 Å². The van der Waals surface area contributed by atoms with Gasteiger partial charge in [0.15, 0.2) is 0 Å². The number of aromatic carboxylic acids is 1. The Labute approximate surface area is 106 Å². The van der Waals surface area contributed by atoms with Gasteiger partial charge >= 0.3 is 5.97 Å². The molecule has 0 spiro atoms. The Morgan fingerprint density at radius 2 is 2.06 bits per heavy atom.